The summed E-state index contributed by atoms with van der Waals surface area (Å²) in [7, 11) is 0. The van der Waals surface area contributed by atoms with E-state index in [1.807, 2.05) is 0 Å². The Morgan fingerprint density at radius 1 is 1.42 bits per heavy atom. The van der Waals surface area contributed by atoms with Crippen molar-refractivity contribution in [2.45, 2.75) is 0 Å². The Labute approximate surface area is 98.6 Å². The molecule has 1 aromatic heterocycles. The predicted octanol–water partition coefficient (Wildman–Crippen LogP) is -1.06. The van der Waals surface area contributed by atoms with Gasteiger partial charge in [-0.1, -0.05) is 6.07 Å². The Bertz CT molecular complexity index is 219. The number of rotatable bonds is 1. The van der Waals surface area contributed by atoms with Crippen LogP contribution in [0.5, 0.6) is 0 Å². The van der Waals surface area contributed by atoms with Gasteiger partial charge in [0.25, 0.3) is 0 Å². The van der Waals surface area contributed by atoms with Crippen LogP contribution in [-0.2, 0) is 25.0 Å². The summed E-state index contributed by atoms with van der Waals surface area (Å²) in [5.41, 5.74) is -0.0301. The van der Waals surface area contributed by atoms with Gasteiger partial charge in [-0.2, -0.15) is 0 Å². The molecule has 0 amide bonds. The molecule has 0 aliphatic rings. The van der Waals surface area contributed by atoms with Gasteiger partial charge in [-0.3, -0.25) is 4.98 Å². The van der Waals surface area contributed by atoms with Gasteiger partial charge in [0, 0.05) is 6.20 Å². The van der Waals surface area contributed by atoms with Gasteiger partial charge in [0.1, 0.15) is 0 Å². The van der Waals surface area contributed by atoms with Crippen LogP contribution in [0.1, 0.15) is 10.5 Å². The minimum absolute atomic E-state index is 0. The van der Waals surface area contributed by atoms with Crippen LogP contribution in [0.25, 0.3) is 0 Å². The average molecular weight is 228 g/mol. The molecular formula is C6H4MgNO3Zn+. The third kappa shape index (κ3) is 5.60. The van der Waals surface area contributed by atoms with Crippen molar-refractivity contribution in [3.63, 3.8) is 0 Å². The first-order valence-corrected chi connectivity index (χ1v) is 2.43. The van der Waals surface area contributed by atoms with Gasteiger partial charge < -0.3 is 15.4 Å². The number of pyridine rings is 1. The van der Waals surface area contributed by atoms with Gasteiger partial charge in [-0.25, -0.2) is 0 Å². The predicted molar refractivity (Wildman–Crippen MR) is 35.0 cm³/mol. The summed E-state index contributed by atoms with van der Waals surface area (Å²) >= 11 is 0. The zero-order valence-corrected chi connectivity index (χ0v) is 10.8. The third-order valence-electron chi connectivity index (χ3n) is 0.874. The Hall–Kier alpha value is -0.0304. The van der Waals surface area contributed by atoms with Crippen molar-refractivity contribution in [3.05, 3.63) is 30.1 Å². The molecule has 6 heteroatoms. The maximum Gasteiger partial charge on any atom is 2.00 e. The molecule has 0 spiro atoms. The Balaban J connectivity index is -0.000000270. The number of nitrogens with zero attached hydrogens (tertiary/aromatic N) is 1. The van der Waals surface area contributed by atoms with Crippen LogP contribution >= 0.6 is 0 Å². The van der Waals surface area contributed by atoms with Crippen molar-refractivity contribution in [1.82, 2.24) is 4.98 Å². The Kier molecular flexibility index (Phi) is 13.5. The molecule has 4 nitrogen and oxygen atoms in total. The molecule has 0 atom stereocenters. The Morgan fingerprint density at radius 3 is 2.25 bits per heavy atom. The molecule has 0 bridgehead atoms. The van der Waals surface area contributed by atoms with E-state index in [9.17, 15) is 9.90 Å². The Morgan fingerprint density at radius 2 is 2.00 bits per heavy atom. The molecule has 0 fully saturated rings. The molecule has 0 aliphatic heterocycles. The van der Waals surface area contributed by atoms with Gasteiger partial charge in [0.05, 0.1) is 11.7 Å². The fraction of sp³-hybridized carbons (Fsp3) is 0. The minimum Gasteiger partial charge on any atom is -2.00 e. The van der Waals surface area contributed by atoms with E-state index in [4.69, 9.17) is 0 Å². The fourth-order valence-electron chi connectivity index (χ4n) is 0.484. The SMILES string of the molecule is O=C([O-])c1ccccn1.[Mg+2].[O-2].[Zn+2]. The van der Waals surface area contributed by atoms with Gasteiger partial charge in [-0.15, -0.1) is 0 Å². The van der Waals surface area contributed by atoms with Crippen molar-refractivity contribution < 1.29 is 34.9 Å². The van der Waals surface area contributed by atoms with Crippen LogP contribution in [0.4, 0.5) is 0 Å². The van der Waals surface area contributed by atoms with E-state index in [-0.39, 0.29) is 53.7 Å². The normalized spacial score (nSPS) is 6.67. The van der Waals surface area contributed by atoms with Crippen LogP contribution in [0.15, 0.2) is 24.4 Å². The average Bonchev–Trinajstić information content (AvgIpc) is 1.90. The van der Waals surface area contributed by atoms with E-state index in [0.29, 0.717) is 0 Å². The summed E-state index contributed by atoms with van der Waals surface area (Å²) < 4.78 is 0. The van der Waals surface area contributed by atoms with E-state index < -0.39 is 5.97 Å². The van der Waals surface area contributed by atoms with Crippen LogP contribution < -0.4 is 5.11 Å². The fourth-order valence-corrected chi connectivity index (χ4v) is 0.484. The van der Waals surface area contributed by atoms with Gasteiger partial charge in [0.2, 0.25) is 0 Å². The number of hydrogen-bond donors (Lipinski definition) is 0. The molecule has 0 saturated heterocycles. The van der Waals surface area contributed by atoms with Crippen LogP contribution in [-0.4, -0.2) is 34.0 Å². The van der Waals surface area contributed by atoms with Crippen molar-refractivity contribution >= 4 is 29.0 Å². The quantitative estimate of drug-likeness (QED) is 0.574. The summed E-state index contributed by atoms with van der Waals surface area (Å²) in [6.45, 7) is 0. The smallest absolute Gasteiger partial charge is 2.00 e. The monoisotopic (exact) mass is 226 g/mol. The molecule has 1 heterocycles. The molecule has 1 rings (SSSR count). The molecule has 1 aromatic rings. The first-order valence-electron chi connectivity index (χ1n) is 2.43. The van der Waals surface area contributed by atoms with E-state index in [2.05, 4.69) is 4.98 Å². The molecule has 0 aliphatic carbocycles. The maximum absolute atomic E-state index is 10.0. The second kappa shape index (κ2) is 9.06. The van der Waals surface area contributed by atoms with E-state index in [1.54, 1.807) is 12.1 Å². The van der Waals surface area contributed by atoms with Crippen LogP contribution in [0.2, 0.25) is 0 Å². The first kappa shape index (κ1) is 17.9. The molecule has 0 saturated carbocycles. The number of carboxylic acid groups (broad SMARTS) is 1. The molecule has 12 heavy (non-hydrogen) atoms. The number of carboxylic acids is 1. The van der Waals surface area contributed by atoms with E-state index in [0.717, 1.165) is 0 Å². The summed E-state index contributed by atoms with van der Waals surface area (Å²) in [6, 6.07) is 4.62. The maximum atomic E-state index is 10.0. The number of carbonyl (C=O) groups is 1. The molecule has 54 valence electrons. The van der Waals surface area contributed by atoms with Gasteiger partial charge >= 0.3 is 42.5 Å². The molecule has 0 aromatic carbocycles. The van der Waals surface area contributed by atoms with Gasteiger partial charge in [0.15, 0.2) is 0 Å². The van der Waals surface area contributed by atoms with Crippen molar-refractivity contribution in [1.29, 1.82) is 0 Å². The molecule has 0 radical (unpaired) electrons. The summed E-state index contributed by atoms with van der Waals surface area (Å²) in [6.07, 6.45) is 1.41. The molecular weight excluding hydrogens is 224 g/mol. The van der Waals surface area contributed by atoms with Crippen molar-refractivity contribution in [3.8, 4) is 0 Å². The summed E-state index contributed by atoms with van der Waals surface area (Å²) in [5, 5.41) is 10.0. The number of hydrogen-bond acceptors (Lipinski definition) is 3. The first-order chi connectivity index (χ1) is 4.30. The van der Waals surface area contributed by atoms with Crippen LogP contribution in [0, 0.1) is 0 Å². The summed E-state index contributed by atoms with van der Waals surface area (Å²) in [5.74, 6) is -1.24. The second-order valence-electron chi connectivity index (χ2n) is 1.50. The van der Waals surface area contributed by atoms with Gasteiger partial charge in [-0.05, 0) is 12.1 Å². The topological polar surface area (TPSA) is 81.5 Å². The van der Waals surface area contributed by atoms with E-state index >= 15 is 0 Å². The van der Waals surface area contributed by atoms with Crippen molar-refractivity contribution in [2.75, 3.05) is 0 Å². The number of carbonyl (C=O) groups excluding carboxylic acids is 1. The zero-order valence-electron chi connectivity index (χ0n) is 6.40. The van der Waals surface area contributed by atoms with E-state index in [1.165, 1.54) is 12.3 Å². The zero-order chi connectivity index (χ0) is 6.69. The van der Waals surface area contributed by atoms with Crippen molar-refractivity contribution in [2.24, 2.45) is 0 Å². The summed E-state index contributed by atoms with van der Waals surface area (Å²) in [4.78, 5) is 13.5. The largest absolute Gasteiger partial charge is 2.00 e. The standard InChI is InChI=1S/C6H5NO2.Mg.O.Zn/c8-6(9)5-3-1-2-4-7-5;;;/h1-4H,(H,8,9);;;/q;+2;-2;+2/p-1. The number of aromatic carboxylic acids is 1. The third-order valence-corrected chi connectivity index (χ3v) is 0.874. The molecule has 0 N–H and O–H groups in total. The second-order valence-corrected chi connectivity index (χ2v) is 1.50. The minimum atomic E-state index is -1.24. The molecule has 0 unspecified atom stereocenters. The van der Waals surface area contributed by atoms with Crippen LogP contribution in [0.3, 0.4) is 0 Å². The number of aromatic nitrogens is 1.